The smallest absolute Gasteiger partial charge is 0.315 e. The minimum atomic E-state index is 0.440. The number of nitrogens with one attached hydrogen (secondary N) is 2. The van der Waals surface area contributed by atoms with Crippen LogP contribution >= 0.6 is 0 Å². The molecule has 2 N–H and O–H groups in total. The molecule has 0 spiro atoms. The average molecular weight is 266 g/mol. The molecule has 19 heavy (non-hydrogen) atoms. The van der Waals surface area contributed by atoms with Gasteiger partial charge in [0.1, 0.15) is 0 Å². The maximum atomic E-state index is 5.58. The lowest BCUT2D eigenvalue weighted by Crippen LogP contribution is -2.25. The first kappa shape index (κ1) is 14.3. The molecule has 5 heteroatoms. The van der Waals surface area contributed by atoms with Gasteiger partial charge in [-0.1, -0.05) is 31.8 Å². The van der Waals surface area contributed by atoms with Gasteiger partial charge < -0.3 is 15.1 Å². The Morgan fingerprint density at radius 1 is 1.21 bits per heavy atom. The van der Waals surface area contributed by atoms with Crippen LogP contribution in [0, 0.1) is 5.41 Å². The Morgan fingerprint density at radius 2 is 2.00 bits per heavy atom. The van der Waals surface area contributed by atoms with Gasteiger partial charge in [0.25, 0.3) is 0 Å². The van der Waals surface area contributed by atoms with Crippen molar-refractivity contribution in [3.8, 4) is 0 Å². The van der Waals surface area contributed by atoms with Crippen molar-refractivity contribution in [2.45, 2.75) is 58.9 Å². The molecule has 0 aliphatic heterocycles. The Kier molecular flexibility index (Phi) is 5.19. The van der Waals surface area contributed by atoms with Gasteiger partial charge in [-0.15, -0.1) is 5.10 Å². The normalized spacial score (nSPS) is 17.8. The topological polar surface area (TPSA) is 63.0 Å². The summed E-state index contributed by atoms with van der Waals surface area (Å²) in [7, 11) is 0. The fraction of sp³-hybridized carbons (Fsp3) is 0.857. The highest BCUT2D eigenvalue weighted by atomic mass is 16.4. The molecule has 1 aliphatic carbocycles. The summed E-state index contributed by atoms with van der Waals surface area (Å²) in [4.78, 5) is 0. The highest BCUT2D eigenvalue weighted by molar-refractivity contribution is 5.18. The minimum Gasteiger partial charge on any atom is -0.407 e. The number of nitrogens with zero attached hydrogens (tertiary/aromatic N) is 2. The van der Waals surface area contributed by atoms with Crippen LogP contribution < -0.4 is 10.6 Å². The summed E-state index contributed by atoms with van der Waals surface area (Å²) in [5.41, 5.74) is 0.440. The second-order valence-corrected chi connectivity index (χ2v) is 5.59. The standard InChI is InChI=1S/C14H26N4O/c1-3-9-15-10-12-17-18-13(19-12)16-11-14(4-2)7-5-6-8-14/h15H,3-11H2,1-2H3,(H,16,18). The predicted octanol–water partition coefficient (Wildman–Crippen LogP) is 2.95. The lowest BCUT2D eigenvalue weighted by Gasteiger charge is -2.26. The number of hydrogen-bond donors (Lipinski definition) is 2. The molecule has 108 valence electrons. The number of aromatic nitrogens is 2. The second kappa shape index (κ2) is 6.89. The summed E-state index contributed by atoms with van der Waals surface area (Å²) in [6, 6.07) is 0.563. The molecular formula is C14H26N4O. The van der Waals surface area contributed by atoms with Crippen molar-refractivity contribution in [2.75, 3.05) is 18.4 Å². The molecule has 5 nitrogen and oxygen atoms in total. The maximum absolute atomic E-state index is 5.58. The first-order valence-electron chi connectivity index (χ1n) is 7.55. The van der Waals surface area contributed by atoms with Gasteiger partial charge in [-0.3, -0.25) is 0 Å². The van der Waals surface area contributed by atoms with Crippen molar-refractivity contribution in [1.29, 1.82) is 0 Å². The molecule has 0 amide bonds. The van der Waals surface area contributed by atoms with E-state index in [2.05, 4.69) is 34.7 Å². The third kappa shape index (κ3) is 3.93. The predicted molar refractivity (Wildman–Crippen MR) is 76.0 cm³/mol. The molecule has 0 atom stereocenters. The van der Waals surface area contributed by atoms with Crippen LogP contribution in [-0.2, 0) is 6.54 Å². The van der Waals surface area contributed by atoms with Crippen LogP contribution in [0.4, 0.5) is 6.01 Å². The molecule has 1 aromatic rings. The quantitative estimate of drug-likeness (QED) is 0.708. The van der Waals surface area contributed by atoms with Crippen molar-refractivity contribution in [3.63, 3.8) is 0 Å². The Hall–Kier alpha value is -1.10. The Labute approximate surface area is 115 Å². The van der Waals surface area contributed by atoms with Crippen LogP contribution in [0.5, 0.6) is 0 Å². The fourth-order valence-electron chi connectivity index (χ4n) is 2.81. The summed E-state index contributed by atoms with van der Waals surface area (Å²) in [6.45, 7) is 7.00. The molecule has 1 aromatic heterocycles. The molecule has 1 fully saturated rings. The lowest BCUT2D eigenvalue weighted by atomic mass is 9.83. The van der Waals surface area contributed by atoms with E-state index < -0.39 is 0 Å². The number of hydrogen-bond acceptors (Lipinski definition) is 5. The van der Waals surface area contributed by atoms with E-state index in [-0.39, 0.29) is 0 Å². The van der Waals surface area contributed by atoms with E-state index in [0.717, 1.165) is 19.5 Å². The van der Waals surface area contributed by atoms with Crippen LogP contribution in [0.1, 0.15) is 58.3 Å². The summed E-state index contributed by atoms with van der Waals surface area (Å²) < 4.78 is 5.58. The maximum Gasteiger partial charge on any atom is 0.315 e. The van der Waals surface area contributed by atoms with E-state index in [1.165, 1.54) is 32.1 Å². The van der Waals surface area contributed by atoms with Crippen molar-refractivity contribution >= 4 is 6.01 Å². The van der Waals surface area contributed by atoms with Crippen molar-refractivity contribution < 1.29 is 4.42 Å². The van der Waals surface area contributed by atoms with Gasteiger partial charge in [-0.2, -0.15) is 0 Å². The molecule has 2 rings (SSSR count). The number of rotatable bonds is 8. The Bertz CT molecular complexity index is 371. The van der Waals surface area contributed by atoms with Crippen LogP contribution in [0.25, 0.3) is 0 Å². The van der Waals surface area contributed by atoms with E-state index in [1.54, 1.807) is 0 Å². The fourth-order valence-corrected chi connectivity index (χ4v) is 2.81. The van der Waals surface area contributed by atoms with Gasteiger partial charge >= 0.3 is 6.01 Å². The van der Waals surface area contributed by atoms with Gasteiger partial charge in [-0.25, -0.2) is 0 Å². The Morgan fingerprint density at radius 3 is 2.68 bits per heavy atom. The molecule has 0 unspecified atom stereocenters. The lowest BCUT2D eigenvalue weighted by molar-refractivity contribution is 0.303. The highest BCUT2D eigenvalue weighted by Gasteiger charge is 2.32. The van der Waals surface area contributed by atoms with Crippen LogP contribution in [0.15, 0.2) is 4.42 Å². The molecular weight excluding hydrogens is 240 g/mol. The molecule has 1 aliphatic rings. The monoisotopic (exact) mass is 266 g/mol. The second-order valence-electron chi connectivity index (χ2n) is 5.59. The molecule has 1 heterocycles. The van der Waals surface area contributed by atoms with Gasteiger partial charge in [0.05, 0.1) is 6.54 Å². The van der Waals surface area contributed by atoms with Gasteiger partial charge in [0, 0.05) is 6.54 Å². The molecule has 1 saturated carbocycles. The molecule has 0 bridgehead atoms. The van der Waals surface area contributed by atoms with Gasteiger partial charge in [0.2, 0.25) is 5.89 Å². The van der Waals surface area contributed by atoms with Gasteiger partial charge in [0.15, 0.2) is 0 Å². The van der Waals surface area contributed by atoms with Crippen molar-refractivity contribution in [1.82, 2.24) is 15.5 Å². The minimum absolute atomic E-state index is 0.440. The molecule has 0 saturated heterocycles. The molecule has 0 aromatic carbocycles. The zero-order valence-corrected chi connectivity index (χ0v) is 12.2. The van der Waals surface area contributed by atoms with Crippen LogP contribution in [0.3, 0.4) is 0 Å². The van der Waals surface area contributed by atoms with E-state index in [1.807, 2.05) is 0 Å². The average Bonchev–Trinajstić information content (AvgIpc) is 3.06. The van der Waals surface area contributed by atoms with Crippen molar-refractivity contribution in [2.24, 2.45) is 5.41 Å². The third-order valence-electron chi connectivity index (χ3n) is 4.20. The third-order valence-corrected chi connectivity index (χ3v) is 4.20. The summed E-state index contributed by atoms with van der Waals surface area (Å²) in [5, 5.41) is 14.7. The number of anilines is 1. The summed E-state index contributed by atoms with van der Waals surface area (Å²) in [5.74, 6) is 0.660. The summed E-state index contributed by atoms with van der Waals surface area (Å²) in [6.07, 6.45) is 7.67. The zero-order valence-electron chi connectivity index (χ0n) is 12.2. The summed E-state index contributed by atoms with van der Waals surface area (Å²) >= 11 is 0. The first-order valence-corrected chi connectivity index (χ1v) is 7.55. The van der Waals surface area contributed by atoms with Crippen LogP contribution in [0.2, 0.25) is 0 Å². The molecule has 0 radical (unpaired) electrons. The van der Waals surface area contributed by atoms with Gasteiger partial charge in [-0.05, 0) is 37.6 Å². The van der Waals surface area contributed by atoms with E-state index >= 15 is 0 Å². The van der Waals surface area contributed by atoms with Crippen LogP contribution in [-0.4, -0.2) is 23.3 Å². The zero-order chi connectivity index (χ0) is 13.6. The van der Waals surface area contributed by atoms with E-state index in [0.29, 0.717) is 23.9 Å². The largest absolute Gasteiger partial charge is 0.407 e. The van der Waals surface area contributed by atoms with E-state index in [4.69, 9.17) is 4.42 Å². The Balaban J connectivity index is 1.79. The van der Waals surface area contributed by atoms with Crippen molar-refractivity contribution in [3.05, 3.63) is 5.89 Å². The first-order chi connectivity index (χ1) is 9.28. The highest BCUT2D eigenvalue weighted by Crippen LogP contribution is 2.40. The van der Waals surface area contributed by atoms with E-state index in [9.17, 15) is 0 Å². The SMILES string of the molecule is CCCNCc1nnc(NCC2(CC)CCCC2)o1.